The molecule has 10 heteroatoms. The summed E-state index contributed by atoms with van der Waals surface area (Å²) in [5, 5.41) is 0. The molecule has 0 saturated carbocycles. The quantitative estimate of drug-likeness (QED) is 0.0265. The number of unbranched alkanes of at least 4 members (excludes halogenated alkanes) is 22. The summed E-state index contributed by atoms with van der Waals surface area (Å²) < 4.78 is 32.9. The predicted octanol–water partition coefficient (Wildman–Crippen LogP) is 15.4. The van der Waals surface area contributed by atoms with Gasteiger partial charge in [-0.2, -0.15) is 0 Å². The molecule has 0 fully saturated rings. The van der Waals surface area contributed by atoms with Gasteiger partial charge in [0.25, 0.3) is 0 Å². The Balaban J connectivity index is 4.08. The lowest BCUT2D eigenvalue weighted by Gasteiger charge is -2.19. The SMILES string of the molecule is CC/C=C\C/C=C\C/C=C\C/C=C\CCCCCCCCC(=O)OC(COC(=O)CCCCCCCCCCCCC/C=C\C/C=C\CCCCCCC)COP(=O)(O)OCCN. The summed E-state index contributed by atoms with van der Waals surface area (Å²) in [6.45, 7) is 3.60. The molecule has 0 spiro atoms. The van der Waals surface area contributed by atoms with Crippen LogP contribution in [0.4, 0.5) is 0 Å². The summed E-state index contributed by atoms with van der Waals surface area (Å²) in [6.07, 6.45) is 60.8. The standard InChI is InChI=1S/C53H94NO8P/c1-3-5-7-9-11-13-15-17-19-21-23-24-25-26-28-29-31-33-35-37-39-41-43-45-52(55)59-49-51(50-61-63(57,58)60-48-47-54)62-53(56)46-44-42-40-38-36-34-32-30-27-22-20-18-16-14-12-10-8-6-4-2/h6,8,12,14-15,17-18,20-21,23,27,30,51H,3-5,7,9-11,13,16,19,22,24-26,28-29,31-50,54H2,1-2H3,(H,57,58)/b8-6-,14-12-,17-15-,20-18-,23-21-,30-27-. The fraction of sp³-hybridized carbons (Fsp3) is 0.736. The van der Waals surface area contributed by atoms with Crippen molar-refractivity contribution in [2.75, 3.05) is 26.4 Å². The zero-order chi connectivity index (χ0) is 46.0. The van der Waals surface area contributed by atoms with Gasteiger partial charge in [0.15, 0.2) is 6.10 Å². The third-order valence-electron chi connectivity index (χ3n) is 10.6. The number of rotatable bonds is 47. The van der Waals surface area contributed by atoms with Gasteiger partial charge in [0.05, 0.1) is 13.2 Å². The molecule has 0 aromatic rings. The van der Waals surface area contributed by atoms with Crippen molar-refractivity contribution in [3.05, 3.63) is 72.9 Å². The Kier molecular flexibility index (Phi) is 46.9. The molecule has 0 rings (SSSR count). The Morgan fingerprint density at radius 1 is 0.492 bits per heavy atom. The molecule has 0 radical (unpaired) electrons. The monoisotopic (exact) mass is 904 g/mol. The molecule has 63 heavy (non-hydrogen) atoms. The maximum atomic E-state index is 12.6. The highest BCUT2D eigenvalue weighted by Crippen LogP contribution is 2.43. The van der Waals surface area contributed by atoms with Gasteiger partial charge in [0, 0.05) is 19.4 Å². The van der Waals surface area contributed by atoms with Gasteiger partial charge in [-0.15, -0.1) is 0 Å². The number of hydrogen-bond donors (Lipinski definition) is 2. The third-order valence-corrected chi connectivity index (χ3v) is 11.6. The topological polar surface area (TPSA) is 134 Å². The fourth-order valence-corrected chi connectivity index (χ4v) is 7.60. The molecule has 0 bridgehead atoms. The van der Waals surface area contributed by atoms with Gasteiger partial charge in [-0.1, -0.05) is 196 Å². The van der Waals surface area contributed by atoms with E-state index in [0.717, 1.165) is 89.9 Å². The molecule has 0 heterocycles. The number of nitrogens with two attached hydrogens (primary N) is 1. The van der Waals surface area contributed by atoms with Crippen LogP contribution < -0.4 is 5.73 Å². The molecule has 0 aliphatic heterocycles. The highest BCUT2D eigenvalue weighted by Gasteiger charge is 2.26. The van der Waals surface area contributed by atoms with E-state index in [0.29, 0.717) is 6.42 Å². The summed E-state index contributed by atoms with van der Waals surface area (Å²) in [7, 11) is -4.39. The van der Waals surface area contributed by atoms with Crippen LogP contribution in [0.3, 0.4) is 0 Å². The van der Waals surface area contributed by atoms with Gasteiger partial charge in [-0.3, -0.25) is 18.6 Å². The summed E-state index contributed by atoms with van der Waals surface area (Å²) in [4.78, 5) is 35.1. The van der Waals surface area contributed by atoms with E-state index < -0.39 is 26.5 Å². The molecule has 0 aromatic heterocycles. The number of ether oxygens (including phenoxy) is 2. The smallest absolute Gasteiger partial charge is 0.462 e. The second-order valence-electron chi connectivity index (χ2n) is 16.7. The third kappa shape index (κ3) is 48.7. The van der Waals surface area contributed by atoms with Crippen molar-refractivity contribution in [2.24, 2.45) is 5.73 Å². The Morgan fingerprint density at radius 3 is 1.30 bits per heavy atom. The van der Waals surface area contributed by atoms with Crippen LogP contribution in [0.25, 0.3) is 0 Å². The predicted molar refractivity (Wildman–Crippen MR) is 266 cm³/mol. The molecular formula is C53H94NO8P. The summed E-state index contributed by atoms with van der Waals surface area (Å²) in [5.74, 6) is -0.847. The maximum absolute atomic E-state index is 12.6. The van der Waals surface area contributed by atoms with Crippen molar-refractivity contribution in [3.8, 4) is 0 Å². The molecule has 0 aromatic carbocycles. The minimum absolute atomic E-state index is 0.0474. The van der Waals surface area contributed by atoms with Crippen LogP contribution in [0, 0.1) is 0 Å². The number of esters is 2. The Labute approximate surface area is 386 Å². The Morgan fingerprint density at radius 2 is 0.873 bits per heavy atom. The van der Waals surface area contributed by atoms with Crippen LogP contribution >= 0.6 is 7.82 Å². The highest BCUT2D eigenvalue weighted by molar-refractivity contribution is 7.47. The first-order chi connectivity index (χ1) is 30.8. The fourth-order valence-electron chi connectivity index (χ4n) is 6.83. The largest absolute Gasteiger partial charge is 0.472 e. The molecular weight excluding hydrogens is 810 g/mol. The lowest BCUT2D eigenvalue weighted by Crippen LogP contribution is -2.29. The number of carbonyl (C=O) groups is 2. The van der Waals surface area contributed by atoms with Gasteiger partial charge >= 0.3 is 19.8 Å². The van der Waals surface area contributed by atoms with E-state index in [-0.39, 0.29) is 38.6 Å². The van der Waals surface area contributed by atoms with Gasteiger partial charge in [0.1, 0.15) is 6.61 Å². The zero-order valence-corrected chi connectivity index (χ0v) is 41.2. The van der Waals surface area contributed by atoms with Crippen molar-refractivity contribution in [3.63, 3.8) is 0 Å². The van der Waals surface area contributed by atoms with Crippen molar-refractivity contribution in [1.29, 1.82) is 0 Å². The number of carbonyl (C=O) groups excluding carboxylic acids is 2. The molecule has 3 N–H and O–H groups in total. The van der Waals surface area contributed by atoms with Gasteiger partial charge in [0.2, 0.25) is 0 Å². The van der Waals surface area contributed by atoms with Crippen LogP contribution in [-0.2, 0) is 32.7 Å². The van der Waals surface area contributed by atoms with Crippen molar-refractivity contribution >= 4 is 19.8 Å². The van der Waals surface area contributed by atoms with Crippen LogP contribution in [0.5, 0.6) is 0 Å². The average molecular weight is 904 g/mol. The molecule has 0 saturated heterocycles. The first-order valence-corrected chi connectivity index (χ1v) is 26.9. The summed E-state index contributed by atoms with van der Waals surface area (Å²) in [5.41, 5.74) is 5.36. The van der Waals surface area contributed by atoms with Gasteiger partial charge in [-0.05, 0) is 83.5 Å². The minimum Gasteiger partial charge on any atom is -0.462 e. The van der Waals surface area contributed by atoms with E-state index in [2.05, 4.69) is 86.8 Å². The average Bonchev–Trinajstić information content (AvgIpc) is 3.27. The second-order valence-corrected chi connectivity index (χ2v) is 18.1. The van der Waals surface area contributed by atoms with E-state index in [9.17, 15) is 19.0 Å². The van der Waals surface area contributed by atoms with Crippen molar-refractivity contribution in [2.45, 2.75) is 225 Å². The molecule has 0 aliphatic carbocycles. The molecule has 2 atom stereocenters. The van der Waals surface area contributed by atoms with Crippen molar-refractivity contribution < 1.29 is 37.6 Å². The van der Waals surface area contributed by atoms with Crippen LogP contribution in [-0.4, -0.2) is 49.3 Å². The van der Waals surface area contributed by atoms with Crippen LogP contribution in [0.15, 0.2) is 72.9 Å². The number of allylic oxidation sites excluding steroid dienone is 12. The lowest BCUT2D eigenvalue weighted by molar-refractivity contribution is -0.161. The van der Waals surface area contributed by atoms with Crippen LogP contribution in [0.1, 0.15) is 219 Å². The van der Waals surface area contributed by atoms with E-state index >= 15 is 0 Å². The lowest BCUT2D eigenvalue weighted by atomic mass is 10.0. The molecule has 9 nitrogen and oxygen atoms in total. The molecule has 0 amide bonds. The van der Waals surface area contributed by atoms with Crippen LogP contribution in [0.2, 0.25) is 0 Å². The zero-order valence-electron chi connectivity index (χ0n) is 40.3. The van der Waals surface area contributed by atoms with E-state index in [1.165, 1.54) is 96.3 Å². The summed E-state index contributed by atoms with van der Waals surface area (Å²) in [6, 6.07) is 0. The second kappa shape index (κ2) is 48.9. The first-order valence-electron chi connectivity index (χ1n) is 25.4. The Hall–Kier alpha value is -2.55. The Bertz CT molecular complexity index is 1260. The number of hydrogen-bond acceptors (Lipinski definition) is 8. The van der Waals surface area contributed by atoms with E-state index in [4.69, 9.17) is 24.3 Å². The van der Waals surface area contributed by atoms with E-state index in [1.807, 2.05) is 0 Å². The molecule has 0 aliphatic rings. The minimum atomic E-state index is -4.39. The molecule has 364 valence electrons. The van der Waals surface area contributed by atoms with Crippen molar-refractivity contribution in [1.82, 2.24) is 0 Å². The highest BCUT2D eigenvalue weighted by atomic mass is 31.2. The number of phosphoric acid groups is 1. The van der Waals surface area contributed by atoms with Gasteiger partial charge < -0.3 is 20.1 Å². The summed E-state index contributed by atoms with van der Waals surface area (Å²) >= 11 is 0. The van der Waals surface area contributed by atoms with Gasteiger partial charge in [-0.25, -0.2) is 4.57 Å². The normalized spacial score (nSPS) is 13.8. The first kappa shape index (κ1) is 60.5. The van der Waals surface area contributed by atoms with E-state index in [1.54, 1.807) is 0 Å². The number of phosphoric ester groups is 1. The molecule has 2 unspecified atom stereocenters. The maximum Gasteiger partial charge on any atom is 0.472 e.